The highest BCUT2D eigenvalue weighted by atomic mass is 19.4. The molecule has 2 rings (SSSR count). The third-order valence-corrected chi connectivity index (χ3v) is 6.26. The van der Waals surface area contributed by atoms with Crippen LogP contribution in [-0.2, 0) is 16.1 Å². The van der Waals surface area contributed by atoms with Gasteiger partial charge in [-0.1, -0.05) is 31.6 Å². The molecule has 1 fully saturated rings. The lowest BCUT2D eigenvalue weighted by molar-refractivity contribution is -0.147. The standard InChI is InChI=1S/C25H34F3NO4/c1-6-18(14-19(7-2)25(26,27)28)22-29-21(16(3)33-22)15-32-20-10-8-9-17(13-20)11-12-24(4,5)23(30)31/h6-7,14,17,20H,2,8-13,15H2,1,3-5H3,(H,30,31)/b18-6+,19-14+. The maximum atomic E-state index is 13.1. The van der Waals surface area contributed by atoms with Crippen LogP contribution in [0.3, 0.4) is 0 Å². The van der Waals surface area contributed by atoms with Crippen molar-refractivity contribution in [3.8, 4) is 0 Å². The lowest BCUT2D eigenvalue weighted by atomic mass is 9.79. The summed E-state index contributed by atoms with van der Waals surface area (Å²) in [5.41, 5.74) is -0.837. The predicted octanol–water partition coefficient (Wildman–Crippen LogP) is 7.03. The number of halogens is 3. The van der Waals surface area contributed by atoms with Crippen molar-refractivity contribution >= 4 is 11.5 Å². The molecule has 1 saturated carbocycles. The molecule has 1 aliphatic rings. The summed E-state index contributed by atoms with van der Waals surface area (Å²) in [6.07, 6.45) is 4.07. The first-order chi connectivity index (χ1) is 15.4. The van der Waals surface area contributed by atoms with Crippen LogP contribution in [0.25, 0.3) is 5.57 Å². The van der Waals surface area contributed by atoms with Gasteiger partial charge in [0.2, 0.25) is 5.89 Å². The van der Waals surface area contributed by atoms with Gasteiger partial charge in [-0.15, -0.1) is 0 Å². The fourth-order valence-electron chi connectivity index (χ4n) is 3.90. The van der Waals surface area contributed by atoms with Crippen LogP contribution in [0, 0.1) is 18.3 Å². The van der Waals surface area contributed by atoms with Crippen molar-refractivity contribution in [2.24, 2.45) is 11.3 Å². The van der Waals surface area contributed by atoms with Gasteiger partial charge in [-0.25, -0.2) is 4.98 Å². The Labute approximate surface area is 193 Å². The van der Waals surface area contributed by atoms with Gasteiger partial charge in [-0.05, 0) is 65.4 Å². The van der Waals surface area contributed by atoms with Crippen LogP contribution in [-0.4, -0.2) is 28.3 Å². The Morgan fingerprint density at radius 1 is 1.33 bits per heavy atom. The fraction of sp³-hybridized carbons (Fsp3) is 0.600. The normalized spacial score (nSPS) is 20.7. The number of carboxylic acids is 1. The minimum absolute atomic E-state index is 0.0370. The van der Waals surface area contributed by atoms with Crippen LogP contribution < -0.4 is 0 Å². The number of aryl methyl sites for hydroxylation is 1. The van der Waals surface area contributed by atoms with Crippen LogP contribution in [0.2, 0.25) is 0 Å². The predicted molar refractivity (Wildman–Crippen MR) is 120 cm³/mol. The van der Waals surface area contributed by atoms with Crippen LogP contribution in [0.15, 0.2) is 34.8 Å². The number of nitrogens with zero attached hydrogens (tertiary/aromatic N) is 1. The van der Waals surface area contributed by atoms with Gasteiger partial charge in [0, 0.05) is 5.57 Å². The molecule has 0 aliphatic heterocycles. The van der Waals surface area contributed by atoms with Crippen LogP contribution >= 0.6 is 0 Å². The highest BCUT2D eigenvalue weighted by Crippen LogP contribution is 2.34. The van der Waals surface area contributed by atoms with Crippen LogP contribution in [0.4, 0.5) is 13.2 Å². The summed E-state index contributed by atoms with van der Waals surface area (Å²) in [6.45, 7) is 10.3. The number of aromatic nitrogens is 1. The monoisotopic (exact) mass is 469 g/mol. The lowest BCUT2D eigenvalue weighted by Crippen LogP contribution is -2.27. The van der Waals surface area contributed by atoms with E-state index in [1.54, 1.807) is 27.7 Å². The molecule has 1 aromatic rings. The second-order valence-corrected chi connectivity index (χ2v) is 9.26. The van der Waals surface area contributed by atoms with E-state index in [-0.39, 0.29) is 24.2 Å². The van der Waals surface area contributed by atoms with Gasteiger partial charge >= 0.3 is 12.1 Å². The first-order valence-electron chi connectivity index (χ1n) is 11.3. The highest BCUT2D eigenvalue weighted by molar-refractivity contribution is 5.73. The van der Waals surface area contributed by atoms with Gasteiger partial charge in [0.05, 0.1) is 23.7 Å². The molecule has 0 spiro atoms. The zero-order chi connectivity index (χ0) is 24.8. The minimum Gasteiger partial charge on any atom is -0.481 e. The summed E-state index contributed by atoms with van der Waals surface area (Å²) < 4.78 is 50.9. The quantitative estimate of drug-likeness (QED) is 0.373. The Morgan fingerprint density at radius 2 is 2.03 bits per heavy atom. The molecule has 0 aromatic carbocycles. The molecule has 2 unspecified atom stereocenters. The second kappa shape index (κ2) is 11.2. The van der Waals surface area contributed by atoms with Gasteiger partial charge in [0.1, 0.15) is 11.5 Å². The second-order valence-electron chi connectivity index (χ2n) is 9.26. The van der Waals surface area contributed by atoms with Crippen molar-refractivity contribution in [1.29, 1.82) is 0 Å². The Kier molecular flexibility index (Phi) is 9.12. The summed E-state index contributed by atoms with van der Waals surface area (Å²) in [6, 6.07) is 0. The molecular formula is C25H34F3NO4. The number of ether oxygens (including phenoxy) is 1. The Bertz CT molecular complexity index is 896. The SMILES string of the molecule is C=C/C(=C\C(=C/C)c1nc(COC2CCCC(CCC(C)(C)C(=O)O)C2)c(C)o1)C(F)(F)F. The zero-order valence-electron chi connectivity index (χ0n) is 19.8. The Balaban J connectivity index is 2.00. The lowest BCUT2D eigenvalue weighted by Gasteiger charge is -2.30. The number of allylic oxidation sites excluding steroid dienone is 5. The molecular weight excluding hydrogens is 435 g/mol. The molecule has 0 amide bonds. The summed E-state index contributed by atoms with van der Waals surface area (Å²) in [5, 5.41) is 9.31. The third kappa shape index (κ3) is 7.59. The zero-order valence-corrected chi connectivity index (χ0v) is 19.8. The van der Waals surface area contributed by atoms with Gasteiger partial charge in [-0.2, -0.15) is 13.2 Å². The largest absolute Gasteiger partial charge is 0.481 e. The summed E-state index contributed by atoms with van der Waals surface area (Å²) >= 11 is 0. The number of aliphatic carboxylic acids is 1. The maximum Gasteiger partial charge on any atom is 0.416 e. The van der Waals surface area contributed by atoms with E-state index in [0.29, 0.717) is 23.8 Å². The smallest absolute Gasteiger partial charge is 0.416 e. The number of carboxylic acid groups (broad SMARTS) is 1. The number of hydrogen-bond acceptors (Lipinski definition) is 4. The molecule has 0 bridgehead atoms. The van der Waals surface area contributed by atoms with Gasteiger partial charge in [-0.3, -0.25) is 4.79 Å². The number of hydrogen-bond donors (Lipinski definition) is 1. The van der Waals surface area contributed by atoms with Crippen molar-refractivity contribution in [3.63, 3.8) is 0 Å². The minimum atomic E-state index is -4.51. The van der Waals surface area contributed by atoms with Crippen molar-refractivity contribution < 1.29 is 32.2 Å². The van der Waals surface area contributed by atoms with Crippen molar-refractivity contribution in [3.05, 3.63) is 47.7 Å². The molecule has 1 N–H and O–H groups in total. The average molecular weight is 470 g/mol. The molecule has 184 valence electrons. The van der Waals surface area contributed by atoms with E-state index in [9.17, 15) is 23.1 Å². The Morgan fingerprint density at radius 3 is 2.61 bits per heavy atom. The van der Waals surface area contributed by atoms with Crippen LogP contribution in [0.5, 0.6) is 0 Å². The number of oxazole rings is 1. The average Bonchev–Trinajstić information content (AvgIpc) is 3.11. The van der Waals surface area contributed by atoms with E-state index in [1.165, 1.54) is 6.08 Å². The number of rotatable bonds is 10. The van der Waals surface area contributed by atoms with E-state index in [0.717, 1.165) is 44.3 Å². The molecule has 8 heteroatoms. The van der Waals surface area contributed by atoms with Crippen LogP contribution in [0.1, 0.15) is 76.6 Å². The molecule has 2 atom stereocenters. The summed E-state index contributed by atoms with van der Waals surface area (Å²) in [5.74, 6) is 0.236. The molecule has 0 radical (unpaired) electrons. The topological polar surface area (TPSA) is 72.6 Å². The van der Waals surface area contributed by atoms with E-state index in [4.69, 9.17) is 9.15 Å². The van der Waals surface area contributed by atoms with Crippen molar-refractivity contribution in [2.75, 3.05) is 0 Å². The number of carbonyl (C=O) groups is 1. The van der Waals surface area contributed by atoms with Gasteiger partial charge in [0.25, 0.3) is 0 Å². The van der Waals surface area contributed by atoms with Gasteiger partial charge < -0.3 is 14.3 Å². The van der Waals surface area contributed by atoms with Gasteiger partial charge in [0.15, 0.2) is 0 Å². The molecule has 5 nitrogen and oxygen atoms in total. The molecule has 1 aliphatic carbocycles. The maximum absolute atomic E-state index is 13.1. The van der Waals surface area contributed by atoms with E-state index >= 15 is 0 Å². The summed E-state index contributed by atoms with van der Waals surface area (Å²) in [7, 11) is 0. The summed E-state index contributed by atoms with van der Waals surface area (Å²) in [4.78, 5) is 15.7. The molecule has 33 heavy (non-hydrogen) atoms. The first kappa shape index (κ1) is 26.9. The van der Waals surface area contributed by atoms with Crippen molar-refractivity contribution in [1.82, 2.24) is 4.98 Å². The number of alkyl halides is 3. The first-order valence-corrected chi connectivity index (χ1v) is 11.3. The van der Waals surface area contributed by atoms with E-state index in [1.807, 2.05) is 0 Å². The third-order valence-electron chi connectivity index (χ3n) is 6.26. The van der Waals surface area contributed by atoms with E-state index < -0.39 is 23.1 Å². The van der Waals surface area contributed by atoms with Crippen molar-refractivity contribution in [2.45, 2.75) is 85.1 Å². The highest BCUT2D eigenvalue weighted by Gasteiger charge is 2.32. The fourth-order valence-corrected chi connectivity index (χ4v) is 3.90. The molecule has 1 heterocycles. The Hall–Kier alpha value is -2.35. The van der Waals surface area contributed by atoms with E-state index in [2.05, 4.69) is 11.6 Å². The molecule has 0 saturated heterocycles. The molecule has 1 aromatic heterocycles.